The lowest BCUT2D eigenvalue weighted by Crippen LogP contribution is -2.25. The Hall–Kier alpha value is -2.37. The number of anilines is 2. The predicted octanol–water partition coefficient (Wildman–Crippen LogP) is 3.65. The zero-order valence-electron chi connectivity index (χ0n) is 10.2. The molecule has 0 unspecified atom stereocenters. The van der Waals surface area contributed by atoms with Crippen LogP contribution < -0.4 is 16.2 Å². The molecule has 3 nitrogen and oxygen atoms in total. The Morgan fingerprint density at radius 3 is 1.70 bits per heavy atom. The standard InChI is InChI=1S/C14H11F3N2O/c15-14(16,17)13-9-3-1-7(18)5-11(9)20-12-6-8(19)2-4-10(12)13/h1-6,13H,18-19H2. The van der Waals surface area contributed by atoms with E-state index in [0.29, 0.717) is 11.4 Å². The van der Waals surface area contributed by atoms with Crippen LogP contribution in [0, 0.1) is 0 Å². The molecule has 0 bridgehead atoms. The third-order valence-corrected chi connectivity index (χ3v) is 3.24. The van der Waals surface area contributed by atoms with Gasteiger partial charge in [0.25, 0.3) is 0 Å². The molecule has 20 heavy (non-hydrogen) atoms. The van der Waals surface area contributed by atoms with E-state index in [-0.39, 0.29) is 22.6 Å². The molecule has 0 atom stereocenters. The van der Waals surface area contributed by atoms with Gasteiger partial charge in [-0.05, 0) is 12.1 Å². The van der Waals surface area contributed by atoms with Crippen molar-refractivity contribution in [1.82, 2.24) is 0 Å². The van der Waals surface area contributed by atoms with Crippen molar-refractivity contribution in [3.8, 4) is 11.5 Å². The monoisotopic (exact) mass is 280 g/mol. The molecule has 0 aromatic heterocycles. The lowest BCUT2D eigenvalue weighted by molar-refractivity contribution is -0.142. The minimum absolute atomic E-state index is 0.0592. The molecule has 104 valence electrons. The molecule has 2 aromatic rings. The molecule has 4 N–H and O–H groups in total. The molecule has 0 spiro atoms. The van der Waals surface area contributed by atoms with E-state index in [4.69, 9.17) is 16.2 Å². The fourth-order valence-electron chi connectivity index (χ4n) is 2.39. The lowest BCUT2D eigenvalue weighted by Gasteiger charge is -2.30. The normalized spacial score (nSPS) is 14.3. The number of alkyl halides is 3. The fourth-order valence-corrected chi connectivity index (χ4v) is 2.39. The van der Waals surface area contributed by atoms with E-state index in [9.17, 15) is 13.2 Å². The van der Waals surface area contributed by atoms with Crippen molar-refractivity contribution >= 4 is 11.4 Å². The summed E-state index contributed by atoms with van der Waals surface area (Å²) in [6, 6.07) is 8.34. The van der Waals surface area contributed by atoms with Crippen molar-refractivity contribution < 1.29 is 17.9 Å². The molecular formula is C14H11F3N2O. The molecule has 0 fully saturated rings. The van der Waals surface area contributed by atoms with Crippen LogP contribution in [-0.2, 0) is 0 Å². The number of benzene rings is 2. The maximum absolute atomic E-state index is 13.4. The summed E-state index contributed by atoms with van der Waals surface area (Å²) >= 11 is 0. The summed E-state index contributed by atoms with van der Waals surface area (Å²) in [6.45, 7) is 0. The quantitative estimate of drug-likeness (QED) is 0.724. The summed E-state index contributed by atoms with van der Waals surface area (Å²) < 4.78 is 45.6. The number of ether oxygens (including phenoxy) is 1. The summed E-state index contributed by atoms with van der Waals surface area (Å²) in [5, 5.41) is 0. The maximum atomic E-state index is 13.4. The van der Waals surface area contributed by atoms with Crippen LogP contribution in [0.3, 0.4) is 0 Å². The average Bonchev–Trinajstić information content (AvgIpc) is 2.34. The van der Waals surface area contributed by atoms with Gasteiger partial charge in [0.15, 0.2) is 0 Å². The number of hydrogen-bond acceptors (Lipinski definition) is 3. The highest BCUT2D eigenvalue weighted by atomic mass is 19.4. The van der Waals surface area contributed by atoms with E-state index < -0.39 is 12.1 Å². The number of fused-ring (bicyclic) bond motifs is 2. The zero-order valence-corrected chi connectivity index (χ0v) is 10.2. The van der Waals surface area contributed by atoms with Crippen molar-refractivity contribution in [3.05, 3.63) is 47.5 Å². The summed E-state index contributed by atoms with van der Waals surface area (Å²) in [7, 11) is 0. The zero-order chi connectivity index (χ0) is 14.5. The third-order valence-electron chi connectivity index (χ3n) is 3.24. The van der Waals surface area contributed by atoms with E-state index >= 15 is 0 Å². The molecule has 3 rings (SSSR count). The molecule has 0 aliphatic carbocycles. The summed E-state index contributed by atoms with van der Waals surface area (Å²) in [5.41, 5.74) is 12.0. The molecule has 0 amide bonds. The Kier molecular flexibility index (Phi) is 2.57. The van der Waals surface area contributed by atoms with E-state index in [1.807, 2.05) is 0 Å². The predicted molar refractivity (Wildman–Crippen MR) is 69.7 cm³/mol. The van der Waals surface area contributed by atoms with Crippen LogP contribution in [0.2, 0.25) is 0 Å². The van der Waals surface area contributed by atoms with Gasteiger partial charge in [-0.1, -0.05) is 12.1 Å². The largest absolute Gasteiger partial charge is 0.457 e. The van der Waals surface area contributed by atoms with Crippen LogP contribution in [0.1, 0.15) is 17.0 Å². The maximum Gasteiger partial charge on any atom is 0.399 e. The van der Waals surface area contributed by atoms with Gasteiger partial charge in [-0.2, -0.15) is 13.2 Å². The van der Waals surface area contributed by atoms with Crippen LogP contribution >= 0.6 is 0 Å². The van der Waals surface area contributed by atoms with Crippen molar-refractivity contribution in [1.29, 1.82) is 0 Å². The van der Waals surface area contributed by atoms with Crippen LogP contribution in [-0.4, -0.2) is 6.18 Å². The van der Waals surface area contributed by atoms with E-state index in [1.54, 1.807) is 0 Å². The van der Waals surface area contributed by atoms with Gasteiger partial charge in [0.1, 0.15) is 17.4 Å². The molecule has 6 heteroatoms. The average molecular weight is 280 g/mol. The number of nitrogen functional groups attached to an aromatic ring is 2. The van der Waals surface area contributed by atoms with E-state index in [0.717, 1.165) is 0 Å². The topological polar surface area (TPSA) is 61.3 Å². The third kappa shape index (κ3) is 1.93. The van der Waals surface area contributed by atoms with Crippen LogP contribution in [0.5, 0.6) is 11.5 Å². The summed E-state index contributed by atoms with van der Waals surface area (Å²) in [4.78, 5) is 0. The Labute approximate surface area is 113 Å². The smallest absolute Gasteiger partial charge is 0.399 e. The van der Waals surface area contributed by atoms with Gasteiger partial charge in [0, 0.05) is 34.6 Å². The molecule has 1 heterocycles. The van der Waals surface area contributed by atoms with Crippen molar-refractivity contribution in [2.45, 2.75) is 12.1 Å². The number of nitrogens with two attached hydrogens (primary N) is 2. The van der Waals surface area contributed by atoms with Gasteiger partial charge >= 0.3 is 6.18 Å². The first-order valence-corrected chi connectivity index (χ1v) is 5.89. The Morgan fingerprint density at radius 2 is 1.30 bits per heavy atom. The van der Waals surface area contributed by atoms with Gasteiger partial charge in [0.2, 0.25) is 0 Å². The van der Waals surface area contributed by atoms with Crippen molar-refractivity contribution in [3.63, 3.8) is 0 Å². The first-order chi connectivity index (χ1) is 9.36. The number of hydrogen-bond donors (Lipinski definition) is 2. The van der Waals surface area contributed by atoms with Gasteiger partial charge in [-0.25, -0.2) is 0 Å². The molecule has 0 radical (unpaired) electrons. The molecule has 1 aliphatic heterocycles. The van der Waals surface area contributed by atoms with Crippen LogP contribution in [0.4, 0.5) is 24.5 Å². The minimum atomic E-state index is -4.42. The second-order valence-electron chi connectivity index (χ2n) is 4.67. The number of rotatable bonds is 0. The molecule has 0 saturated carbocycles. The van der Waals surface area contributed by atoms with Gasteiger partial charge < -0.3 is 16.2 Å². The van der Waals surface area contributed by atoms with Gasteiger partial charge in [-0.3, -0.25) is 0 Å². The highest BCUT2D eigenvalue weighted by Gasteiger charge is 2.46. The summed E-state index contributed by atoms with van der Waals surface area (Å²) in [5.74, 6) is -1.50. The van der Waals surface area contributed by atoms with E-state index in [1.165, 1.54) is 36.4 Å². The Bertz CT molecular complexity index is 631. The molecular weight excluding hydrogens is 269 g/mol. The first kappa shape index (κ1) is 12.7. The lowest BCUT2D eigenvalue weighted by atomic mass is 9.87. The molecule has 2 aromatic carbocycles. The van der Waals surface area contributed by atoms with Crippen LogP contribution in [0.15, 0.2) is 36.4 Å². The number of halogens is 3. The van der Waals surface area contributed by atoms with Gasteiger partial charge in [0.05, 0.1) is 0 Å². The fraction of sp³-hybridized carbons (Fsp3) is 0.143. The van der Waals surface area contributed by atoms with Crippen LogP contribution in [0.25, 0.3) is 0 Å². The first-order valence-electron chi connectivity index (χ1n) is 5.89. The SMILES string of the molecule is Nc1ccc2c(c1)Oc1cc(N)ccc1C2C(F)(F)F. The van der Waals surface area contributed by atoms with Gasteiger partial charge in [-0.15, -0.1) is 0 Å². The summed E-state index contributed by atoms with van der Waals surface area (Å²) in [6.07, 6.45) is -4.42. The second-order valence-corrected chi connectivity index (χ2v) is 4.67. The Morgan fingerprint density at radius 1 is 0.850 bits per heavy atom. The van der Waals surface area contributed by atoms with Crippen molar-refractivity contribution in [2.24, 2.45) is 0 Å². The second kappa shape index (κ2) is 4.06. The highest BCUT2D eigenvalue weighted by molar-refractivity contribution is 5.61. The minimum Gasteiger partial charge on any atom is -0.457 e. The highest BCUT2D eigenvalue weighted by Crippen LogP contribution is 2.51. The molecule has 0 saturated heterocycles. The van der Waals surface area contributed by atoms with E-state index in [2.05, 4.69) is 0 Å². The Balaban J connectivity index is 2.24. The molecule has 1 aliphatic rings. The van der Waals surface area contributed by atoms with Crippen molar-refractivity contribution in [2.75, 3.05) is 11.5 Å².